The van der Waals surface area contributed by atoms with Gasteiger partial charge in [0.05, 0.1) is 16.2 Å². The van der Waals surface area contributed by atoms with Gasteiger partial charge >= 0.3 is 0 Å². The predicted molar refractivity (Wildman–Crippen MR) is 60.9 cm³/mol. The van der Waals surface area contributed by atoms with Crippen molar-refractivity contribution in [3.8, 4) is 0 Å². The first kappa shape index (κ1) is 9.47. The molecule has 2 aromatic rings. The van der Waals surface area contributed by atoms with Gasteiger partial charge in [-0.2, -0.15) is 0 Å². The fourth-order valence-electron chi connectivity index (χ4n) is 1.52. The molecule has 1 heterocycles. The molecular formula is C12H12ClN. The number of rotatable bonds is 1. The number of aromatic nitrogens is 1. The zero-order valence-electron chi connectivity index (χ0n) is 8.34. The highest BCUT2D eigenvalue weighted by Crippen LogP contribution is 2.21. The van der Waals surface area contributed by atoms with Crippen LogP contribution in [0.2, 0.25) is 5.02 Å². The van der Waals surface area contributed by atoms with E-state index in [1.54, 1.807) is 0 Å². The topological polar surface area (TPSA) is 12.9 Å². The average molecular weight is 206 g/mol. The van der Waals surface area contributed by atoms with E-state index in [4.69, 9.17) is 11.6 Å². The van der Waals surface area contributed by atoms with Crippen LogP contribution >= 0.6 is 11.6 Å². The van der Waals surface area contributed by atoms with Gasteiger partial charge in [0.15, 0.2) is 0 Å². The molecule has 0 aliphatic heterocycles. The third kappa shape index (κ3) is 1.60. The number of nitrogens with zero attached hydrogens (tertiary/aromatic N) is 1. The first-order valence-corrected chi connectivity index (χ1v) is 5.14. The van der Waals surface area contributed by atoms with E-state index in [2.05, 4.69) is 30.1 Å². The van der Waals surface area contributed by atoms with E-state index < -0.39 is 0 Å². The maximum atomic E-state index is 6.02. The highest BCUT2D eigenvalue weighted by atomic mass is 35.5. The Morgan fingerprint density at radius 3 is 2.79 bits per heavy atom. The number of hydrogen-bond donors (Lipinski definition) is 0. The maximum absolute atomic E-state index is 6.02. The highest BCUT2D eigenvalue weighted by molar-refractivity contribution is 6.31. The predicted octanol–water partition coefficient (Wildman–Crippen LogP) is 3.76. The minimum Gasteiger partial charge on any atom is -0.252 e. The van der Waals surface area contributed by atoms with Gasteiger partial charge in [-0.1, -0.05) is 24.6 Å². The molecule has 72 valence electrons. The second-order valence-corrected chi connectivity index (χ2v) is 3.84. The maximum Gasteiger partial charge on any atom is 0.0706 e. The number of aryl methyl sites for hydroxylation is 2. The number of pyridine rings is 1. The number of hydrogen-bond acceptors (Lipinski definition) is 1. The van der Waals surface area contributed by atoms with Crippen LogP contribution in [-0.4, -0.2) is 4.98 Å². The monoisotopic (exact) mass is 205 g/mol. The van der Waals surface area contributed by atoms with Crippen LogP contribution in [0.1, 0.15) is 18.2 Å². The average Bonchev–Trinajstić information content (AvgIpc) is 2.19. The summed E-state index contributed by atoms with van der Waals surface area (Å²) in [5.74, 6) is 0. The molecule has 1 aromatic heterocycles. The lowest BCUT2D eigenvalue weighted by atomic mass is 10.1. The van der Waals surface area contributed by atoms with Crippen molar-refractivity contribution in [2.24, 2.45) is 0 Å². The Morgan fingerprint density at radius 2 is 2.07 bits per heavy atom. The SMILES string of the molecule is CCc1ccc2nc(C)c(Cl)cc2c1. The van der Waals surface area contributed by atoms with E-state index in [-0.39, 0.29) is 0 Å². The molecule has 0 unspecified atom stereocenters. The number of benzene rings is 1. The van der Waals surface area contributed by atoms with Crippen LogP contribution in [0, 0.1) is 6.92 Å². The van der Waals surface area contributed by atoms with Gasteiger partial charge in [-0.05, 0) is 37.1 Å². The summed E-state index contributed by atoms with van der Waals surface area (Å²) in [5.41, 5.74) is 3.23. The van der Waals surface area contributed by atoms with Gasteiger partial charge < -0.3 is 0 Å². The standard InChI is InChI=1S/C12H12ClN/c1-3-9-4-5-12-10(6-9)7-11(13)8(2)14-12/h4-7H,3H2,1-2H3. The summed E-state index contributed by atoms with van der Waals surface area (Å²) in [7, 11) is 0. The van der Waals surface area contributed by atoms with Gasteiger partial charge in [0, 0.05) is 5.39 Å². The summed E-state index contributed by atoms with van der Waals surface area (Å²) >= 11 is 6.02. The molecule has 0 spiro atoms. The largest absolute Gasteiger partial charge is 0.252 e. The molecule has 2 rings (SSSR count). The van der Waals surface area contributed by atoms with Crippen molar-refractivity contribution in [3.05, 3.63) is 40.5 Å². The van der Waals surface area contributed by atoms with Crippen LogP contribution in [0.5, 0.6) is 0 Å². The van der Waals surface area contributed by atoms with Gasteiger partial charge in [-0.15, -0.1) is 0 Å². The molecule has 2 heteroatoms. The Bertz CT molecular complexity index is 477. The second-order valence-electron chi connectivity index (χ2n) is 3.44. The van der Waals surface area contributed by atoms with Crippen LogP contribution in [0.3, 0.4) is 0 Å². The van der Waals surface area contributed by atoms with E-state index in [1.165, 1.54) is 5.56 Å². The summed E-state index contributed by atoms with van der Waals surface area (Å²) in [6.45, 7) is 4.07. The number of halogens is 1. The van der Waals surface area contributed by atoms with Crippen molar-refractivity contribution in [3.63, 3.8) is 0 Å². The van der Waals surface area contributed by atoms with Crippen LogP contribution in [-0.2, 0) is 6.42 Å². The summed E-state index contributed by atoms with van der Waals surface area (Å²) in [6.07, 6.45) is 1.04. The summed E-state index contributed by atoms with van der Waals surface area (Å²) in [6, 6.07) is 8.30. The Kier molecular flexibility index (Phi) is 2.42. The Labute approximate surface area is 88.7 Å². The van der Waals surface area contributed by atoms with Gasteiger partial charge in [-0.25, -0.2) is 0 Å². The van der Waals surface area contributed by atoms with E-state index in [9.17, 15) is 0 Å². The third-order valence-corrected chi connectivity index (χ3v) is 2.80. The van der Waals surface area contributed by atoms with Crippen molar-refractivity contribution in [2.75, 3.05) is 0 Å². The van der Waals surface area contributed by atoms with Gasteiger partial charge in [0.1, 0.15) is 0 Å². The van der Waals surface area contributed by atoms with Crippen molar-refractivity contribution in [1.29, 1.82) is 0 Å². The first-order chi connectivity index (χ1) is 6.70. The molecule has 1 aromatic carbocycles. The fraction of sp³-hybridized carbons (Fsp3) is 0.250. The van der Waals surface area contributed by atoms with Crippen LogP contribution in [0.25, 0.3) is 10.9 Å². The molecule has 0 aliphatic rings. The first-order valence-electron chi connectivity index (χ1n) is 4.76. The quantitative estimate of drug-likeness (QED) is 0.691. The smallest absolute Gasteiger partial charge is 0.0706 e. The second kappa shape index (κ2) is 3.58. The molecule has 0 amide bonds. The Balaban J connectivity index is 2.70. The summed E-state index contributed by atoms with van der Waals surface area (Å²) in [4.78, 5) is 4.42. The molecule has 1 nitrogen and oxygen atoms in total. The van der Waals surface area contributed by atoms with Crippen molar-refractivity contribution < 1.29 is 0 Å². The number of fused-ring (bicyclic) bond motifs is 1. The van der Waals surface area contributed by atoms with Gasteiger partial charge in [0.2, 0.25) is 0 Å². The van der Waals surface area contributed by atoms with Crippen LogP contribution < -0.4 is 0 Å². The summed E-state index contributed by atoms with van der Waals surface area (Å²) < 4.78 is 0. The normalized spacial score (nSPS) is 10.8. The molecule has 14 heavy (non-hydrogen) atoms. The van der Waals surface area contributed by atoms with E-state index >= 15 is 0 Å². The highest BCUT2D eigenvalue weighted by Gasteiger charge is 2.01. The molecule has 0 bridgehead atoms. The van der Waals surface area contributed by atoms with Crippen molar-refractivity contribution in [2.45, 2.75) is 20.3 Å². The molecule has 0 aliphatic carbocycles. The third-order valence-electron chi connectivity index (χ3n) is 2.42. The lowest BCUT2D eigenvalue weighted by molar-refractivity contribution is 1.14. The van der Waals surface area contributed by atoms with E-state index in [0.29, 0.717) is 0 Å². The minimum absolute atomic E-state index is 0.741. The van der Waals surface area contributed by atoms with Crippen LogP contribution in [0.4, 0.5) is 0 Å². The molecular weight excluding hydrogens is 194 g/mol. The molecule has 0 atom stereocenters. The minimum atomic E-state index is 0.741. The van der Waals surface area contributed by atoms with Crippen LogP contribution in [0.15, 0.2) is 24.3 Å². The molecule has 0 N–H and O–H groups in total. The van der Waals surface area contributed by atoms with Gasteiger partial charge in [-0.3, -0.25) is 4.98 Å². The molecule has 0 fully saturated rings. The van der Waals surface area contributed by atoms with Crippen molar-refractivity contribution >= 4 is 22.5 Å². The lowest BCUT2D eigenvalue weighted by Gasteiger charge is -2.03. The molecule has 0 saturated carbocycles. The Morgan fingerprint density at radius 1 is 1.29 bits per heavy atom. The lowest BCUT2D eigenvalue weighted by Crippen LogP contribution is -1.87. The zero-order chi connectivity index (χ0) is 10.1. The zero-order valence-corrected chi connectivity index (χ0v) is 9.10. The van der Waals surface area contributed by atoms with E-state index in [1.807, 2.05) is 13.0 Å². The van der Waals surface area contributed by atoms with Gasteiger partial charge in [0.25, 0.3) is 0 Å². The summed E-state index contributed by atoms with van der Waals surface area (Å²) in [5, 5.41) is 1.87. The van der Waals surface area contributed by atoms with Crippen molar-refractivity contribution in [1.82, 2.24) is 4.98 Å². The Hall–Kier alpha value is -1.08. The molecule has 0 saturated heterocycles. The molecule has 0 radical (unpaired) electrons. The van der Waals surface area contributed by atoms with E-state index in [0.717, 1.165) is 28.0 Å². The fourth-order valence-corrected chi connectivity index (χ4v) is 1.68.